The van der Waals surface area contributed by atoms with Crippen LogP contribution in [0.4, 0.5) is 10.1 Å². The highest BCUT2D eigenvalue weighted by Crippen LogP contribution is 2.39. The van der Waals surface area contributed by atoms with E-state index >= 15 is 0 Å². The molecule has 2 aliphatic rings. The second-order valence-electron chi connectivity index (χ2n) is 6.05. The molecule has 0 unspecified atom stereocenters. The van der Waals surface area contributed by atoms with Crippen molar-refractivity contribution in [3.8, 4) is 5.88 Å². The van der Waals surface area contributed by atoms with Gasteiger partial charge in [0.05, 0.1) is 5.52 Å². The van der Waals surface area contributed by atoms with Crippen LogP contribution in [0.2, 0.25) is 0 Å². The van der Waals surface area contributed by atoms with E-state index in [1.807, 2.05) is 0 Å². The Kier molecular flexibility index (Phi) is 3.37. The van der Waals surface area contributed by atoms with Crippen molar-refractivity contribution < 1.29 is 9.50 Å². The van der Waals surface area contributed by atoms with Gasteiger partial charge in [-0.05, 0) is 55.1 Å². The predicted octanol–water partition coefficient (Wildman–Crippen LogP) is 3.94. The Morgan fingerprint density at radius 3 is 2.96 bits per heavy atom. The molecule has 5 nitrogen and oxygen atoms in total. The van der Waals surface area contributed by atoms with Crippen LogP contribution in [0.5, 0.6) is 5.88 Å². The van der Waals surface area contributed by atoms with Crippen LogP contribution in [0.3, 0.4) is 0 Å². The number of halogens is 1. The Bertz CT molecular complexity index is 844. The van der Waals surface area contributed by atoms with E-state index in [1.165, 1.54) is 18.6 Å². The summed E-state index contributed by atoms with van der Waals surface area (Å²) in [6.45, 7) is 0. The molecule has 0 saturated heterocycles. The maximum Gasteiger partial charge on any atom is 0.218 e. The highest BCUT2D eigenvalue weighted by atomic mass is 32.1. The van der Waals surface area contributed by atoms with Gasteiger partial charge in [-0.25, -0.2) is 4.39 Å². The van der Waals surface area contributed by atoms with E-state index in [-0.39, 0.29) is 16.7 Å². The lowest BCUT2D eigenvalue weighted by atomic mass is 10.0. The molecule has 2 aromatic rings. The molecule has 1 fully saturated rings. The average molecular weight is 330 g/mol. The van der Waals surface area contributed by atoms with Crippen LogP contribution in [0, 0.1) is 17.7 Å². The topological polar surface area (TPSA) is 72.8 Å². The number of hydrogen-bond acceptors (Lipinski definition) is 3. The fraction of sp³-hybridized carbons (Fsp3) is 0.312. The number of aromatic hydroxyl groups is 1. The Balaban J connectivity index is 1.52. The number of aromatic nitrogens is 1. The summed E-state index contributed by atoms with van der Waals surface area (Å²) in [7, 11) is 0. The summed E-state index contributed by atoms with van der Waals surface area (Å²) in [5.41, 5.74) is 0.784. The van der Waals surface area contributed by atoms with Crippen LogP contribution >= 0.6 is 12.2 Å². The van der Waals surface area contributed by atoms with Gasteiger partial charge in [0.25, 0.3) is 0 Å². The molecule has 1 aromatic carbocycles. The number of H-pyrrole nitrogens is 1. The molecule has 4 rings (SSSR count). The fourth-order valence-corrected chi connectivity index (χ4v) is 3.66. The molecule has 3 N–H and O–H groups in total. The SMILES string of the molecule is Oc1[nH]c2ccc(F)cc2c1N=NC(=S)N[C@H]1C[C@H]2C=C[C@@H]1C2. The van der Waals surface area contributed by atoms with Crippen LogP contribution in [0.1, 0.15) is 12.8 Å². The minimum Gasteiger partial charge on any atom is -0.493 e. The molecule has 2 bridgehead atoms. The van der Waals surface area contributed by atoms with Crippen LogP contribution < -0.4 is 5.32 Å². The minimum absolute atomic E-state index is 0.153. The van der Waals surface area contributed by atoms with Crippen molar-refractivity contribution in [1.29, 1.82) is 0 Å². The number of thiocarbonyl (C=S) groups is 1. The summed E-state index contributed by atoms with van der Waals surface area (Å²) in [5.74, 6) is 0.587. The van der Waals surface area contributed by atoms with Crippen molar-refractivity contribution in [3.05, 3.63) is 36.2 Å². The maximum atomic E-state index is 13.4. The lowest BCUT2D eigenvalue weighted by Gasteiger charge is -2.19. The molecule has 0 radical (unpaired) electrons. The third kappa shape index (κ3) is 2.61. The van der Waals surface area contributed by atoms with Crippen molar-refractivity contribution in [3.63, 3.8) is 0 Å². The quantitative estimate of drug-likeness (QED) is 0.444. The van der Waals surface area contributed by atoms with E-state index in [4.69, 9.17) is 12.2 Å². The minimum atomic E-state index is -0.401. The first-order valence-electron chi connectivity index (χ1n) is 7.51. The van der Waals surface area contributed by atoms with E-state index in [1.54, 1.807) is 6.07 Å². The third-order valence-electron chi connectivity index (χ3n) is 4.54. The van der Waals surface area contributed by atoms with Crippen molar-refractivity contribution in [2.75, 3.05) is 0 Å². The molecule has 0 aliphatic heterocycles. The summed E-state index contributed by atoms with van der Waals surface area (Å²) in [6, 6.07) is 4.46. The Labute approximate surface area is 137 Å². The maximum absolute atomic E-state index is 13.4. The van der Waals surface area contributed by atoms with Crippen molar-refractivity contribution in [1.82, 2.24) is 10.3 Å². The van der Waals surface area contributed by atoms with Gasteiger partial charge in [-0.3, -0.25) is 0 Å². The summed E-state index contributed by atoms with van der Waals surface area (Å²) < 4.78 is 13.4. The van der Waals surface area contributed by atoms with E-state index < -0.39 is 5.82 Å². The zero-order valence-electron chi connectivity index (χ0n) is 12.2. The zero-order chi connectivity index (χ0) is 16.0. The van der Waals surface area contributed by atoms with E-state index in [9.17, 15) is 9.50 Å². The summed E-state index contributed by atoms with van der Waals surface area (Å²) >= 11 is 5.21. The smallest absolute Gasteiger partial charge is 0.218 e. The van der Waals surface area contributed by atoms with Gasteiger partial charge < -0.3 is 15.4 Å². The van der Waals surface area contributed by atoms with Gasteiger partial charge in [-0.1, -0.05) is 12.2 Å². The monoisotopic (exact) mass is 330 g/mol. The second-order valence-corrected chi connectivity index (χ2v) is 6.44. The highest BCUT2D eigenvalue weighted by molar-refractivity contribution is 7.80. The van der Waals surface area contributed by atoms with Gasteiger partial charge in [0.1, 0.15) is 5.82 Å². The Morgan fingerprint density at radius 2 is 2.22 bits per heavy atom. The number of rotatable bonds is 2. The molecule has 1 heterocycles. The summed E-state index contributed by atoms with van der Waals surface area (Å²) in [5, 5.41) is 21.8. The molecule has 2 aliphatic carbocycles. The summed E-state index contributed by atoms with van der Waals surface area (Å²) in [4.78, 5) is 2.74. The van der Waals surface area contributed by atoms with E-state index in [0.29, 0.717) is 28.8 Å². The Morgan fingerprint density at radius 1 is 1.35 bits per heavy atom. The second kappa shape index (κ2) is 5.42. The molecule has 1 saturated carbocycles. The first-order valence-corrected chi connectivity index (χ1v) is 7.92. The van der Waals surface area contributed by atoms with Gasteiger partial charge in [0, 0.05) is 11.4 Å². The normalized spacial score (nSPS) is 25.7. The number of benzene rings is 1. The molecule has 118 valence electrons. The molecule has 23 heavy (non-hydrogen) atoms. The van der Waals surface area contributed by atoms with Crippen LogP contribution in [-0.4, -0.2) is 21.2 Å². The largest absolute Gasteiger partial charge is 0.493 e. The predicted molar refractivity (Wildman–Crippen MR) is 89.3 cm³/mol. The lowest BCUT2D eigenvalue weighted by molar-refractivity contribution is 0.459. The molecule has 0 spiro atoms. The van der Waals surface area contributed by atoms with E-state index in [2.05, 4.69) is 32.7 Å². The van der Waals surface area contributed by atoms with Gasteiger partial charge in [0.2, 0.25) is 11.0 Å². The van der Waals surface area contributed by atoms with Crippen LogP contribution in [0.15, 0.2) is 40.6 Å². The van der Waals surface area contributed by atoms with Crippen LogP contribution in [0.25, 0.3) is 10.9 Å². The molecule has 1 aromatic heterocycles. The standard InChI is InChI=1S/C16H15FN4OS/c17-10-3-4-12-11(7-10)14(15(22)18-12)20-21-16(23)19-13-6-8-1-2-9(13)5-8/h1-4,7-9,13,18,22H,5-6H2,(H,19,23)/t8-,9+,13-/m0/s1. The molecule has 3 atom stereocenters. The van der Waals surface area contributed by atoms with Crippen molar-refractivity contribution in [2.24, 2.45) is 22.1 Å². The number of hydrogen-bond donors (Lipinski definition) is 3. The van der Waals surface area contributed by atoms with Crippen LogP contribution in [-0.2, 0) is 0 Å². The number of aromatic amines is 1. The number of azo groups is 1. The molecular weight excluding hydrogens is 315 g/mol. The van der Waals surface area contributed by atoms with Gasteiger partial charge >= 0.3 is 0 Å². The number of fused-ring (bicyclic) bond motifs is 3. The first-order chi connectivity index (χ1) is 11.1. The third-order valence-corrected chi connectivity index (χ3v) is 4.74. The number of allylic oxidation sites excluding steroid dienone is 1. The van der Waals surface area contributed by atoms with Crippen molar-refractivity contribution >= 4 is 33.9 Å². The summed E-state index contributed by atoms with van der Waals surface area (Å²) in [6.07, 6.45) is 6.70. The molecule has 0 amide bonds. The lowest BCUT2D eigenvalue weighted by Crippen LogP contribution is -2.35. The first kappa shape index (κ1) is 14.3. The molecule has 7 heteroatoms. The zero-order valence-corrected chi connectivity index (χ0v) is 13.0. The van der Waals surface area contributed by atoms with Crippen molar-refractivity contribution in [2.45, 2.75) is 18.9 Å². The highest BCUT2D eigenvalue weighted by Gasteiger charge is 2.35. The fourth-order valence-electron chi connectivity index (χ4n) is 3.47. The molecular formula is C16H15FN4OS. The van der Waals surface area contributed by atoms with Gasteiger partial charge in [-0.15, -0.1) is 10.2 Å². The average Bonchev–Trinajstić information content (AvgIpc) is 3.19. The van der Waals surface area contributed by atoms with Gasteiger partial charge in [-0.2, -0.15) is 0 Å². The number of nitrogens with one attached hydrogen (secondary N) is 2. The van der Waals surface area contributed by atoms with Gasteiger partial charge in [0.15, 0.2) is 5.69 Å². The van der Waals surface area contributed by atoms with E-state index in [0.717, 1.165) is 6.42 Å². The Hall–Kier alpha value is -2.28. The number of nitrogens with zero attached hydrogens (tertiary/aromatic N) is 2.